The van der Waals surface area contributed by atoms with Crippen molar-refractivity contribution in [1.29, 1.82) is 0 Å². The molecule has 0 spiro atoms. The minimum absolute atomic E-state index is 0.00105. The van der Waals surface area contributed by atoms with Gasteiger partial charge in [-0.05, 0) is 37.1 Å². The number of amides is 2. The number of likely N-dealkylation sites (tertiary alicyclic amines) is 1. The van der Waals surface area contributed by atoms with Gasteiger partial charge >= 0.3 is 6.61 Å². The van der Waals surface area contributed by atoms with E-state index in [1.165, 1.54) is 24.3 Å². The van der Waals surface area contributed by atoms with Crippen molar-refractivity contribution in [3.8, 4) is 5.75 Å². The molecule has 1 aromatic carbocycles. The largest absolute Gasteiger partial charge is 0.435 e. The van der Waals surface area contributed by atoms with E-state index in [-0.39, 0.29) is 23.6 Å². The molecule has 0 radical (unpaired) electrons. The van der Waals surface area contributed by atoms with E-state index in [0.29, 0.717) is 18.5 Å². The molecule has 0 aromatic heterocycles. The van der Waals surface area contributed by atoms with E-state index in [0.717, 1.165) is 6.42 Å². The molecule has 2 heterocycles. The molecule has 1 N–H and O–H groups in total. The van der Waals surface area contributed by atoms with Crippen molar-refractivity contribution in [3.63, 3.8) is 0 Å². The molecule has 7 heteroatoms. The zero-order valence-electron chi connectivity index (χ0n) is 11.1. The number of halogens is 2. The Kier molecular flexibility index (Phi) is 3.48. The van der Waals surface area contributed by atoms with Crippen LogP contribution in [0.1, 0.15) is 23.2 Å². The van der Waals surface area contributed by atoms with Gasteiger partial charge in [0.2, 0.25) is 5.91 Å². The van der Waals surface area contributed by atoms with Gasteiger partial charge in [-0.3, -0.25) is 9.59 Å². The molecule has 112 valence electrons. The lowest BCUT2D eigenvalue weighted by atomic mass is 10.0. The quantitative estimate of drug-likeness (QED) is 0.917. The number of hydrogen-bond donors (Lipinski definition) is 1. The molecular weight excluding hydrogens is 282 g/mol. The van der Waals surface area contributed by atoms with E-state index < -0.39 is 12.7 Å². The van der Waals surface area contributed by atoms with Crippen LogP contribution < -0.4 is 10.1 Å². The summed E-state index contributed by atoms with van der Waals surface area (Å²) >= 11 is 0. The van der Waals surface area contributed by atoms with E-state index in [4.69, 9.17) is 0 Å². The monoisotopic (exact) mass is 296 g/mol. The van der Waals surface area contributed by atoms with Gasteiger partial charge in [0.25, 0.3) is 5.91 Å². The number of carbonyl (C=O) groups excluding carboxylic acids is 2. The summed E-state index contributed by atoms with van der Waals surface area (Å²) < 4.78 is 28.4. The van der Waals surface area contributed by atoms with E-state index in [2.05, 4.69) is 10.1 Å². The second kappa shape index (κ2) is 5.31. The van der Waals surface area contributed by atoms with E-state index in [1.54, 1.807) is 4.90 Å². The first kappa shape index (κ1) is 13.8. The van der Waals surface area contributed by atoms with Crippen LogP contribution in [0.2, 0.25) is 0 Å². The minimum Gasteiger partial charge on any atom is -0.435 e. The molecular formula is C14H14F2N2O3. The molecule has 2 saturated heterocycles. The van der Waals surface area contributed by atoms with Crippen LogP contribution in [0.15, 0.2) is 24.3 Å². The van der Waals surface area contributed by atoms with Gasteiger partial charge in [-0.1, -0.05) is 0 Å². The summed E-state index contributed by atoms with van der Waals surface area (Å²) in [5.74, 6) is -0.388. The first-order chi connectivity index (χ1) is 10.0. The van der Waals surface area contributed by atoms with Crippen LogP contribution in [0.3, 0.4) is 0 Å². The third kappa shape index (κ3) is 2.68. The van der Waals surface area contributed by atoms with Gasteiger partial charge in [-0.25, -0.2) is 0 Å². The molecule has 2 amide bonds. The highest BCUT2D eigenvalue weighted by Gasteiger charge is 2.42. The summed E-state index contributed by atoms with van der Waals surface area (Å²) in [6.45, 7) is -2.38. The Morgan fingerprint density at radius 3 is 2.71 bits per heavy atom. The minimum atomic E-state index is -2.90. The number of ether oxygens (including phenoxy) is 1. The van der Waals surface area contributed by atoms with E-state index in [1.807, 2.05) is 0 Å². The van der Waals surface area contributed by atoms with E-state index >= 15 is 0 Å². The first-order valence-electron chi connectivity index (χ1n) is 6.71. The molecule has 1 aromatic rings. The molecule has 2 atom stereocenters. The lowest BCUT2D eigenvalue weighted by Crippen LogP contribution is -2.45. The van der Waals surface area contributed by atoms with Gasteiger partial charge in [0, 0.05) is 18.2 Å². The SMILES string of the molecule is O=C1NC2CCN(C(=O)c3ccc(OC(F)F)cc3)C1C2. The number of benzene rings is 1. The third-order valence-electron chi connectivity index (χ3n) is 3.84. The normalized spacial score (nSPS) is 24.1. The molecule has 2 bridgehead atoms. The summed E-state index contributed by atoms with van der Waals surface area (Å²) in [5.41, 5.74) is 0.356. The average Bonchev–Trinajstić information content (AvgIpc) is 2.74. The smallest absolute Gasteiger partial charge is 0.387 e. The predicted octanol–water partition coefficient (Wildman–Crippen LogP) is 1.39. The number of rotatable bonds is 3. The predicted molar refractivity (Wildman–Crippen MR) is 69.1 cm³/mol. The topological polar surface area (TPSA) is 58.6 Å². The fraction of sp³-hybridized carbons (Fsp3) is 0.429. The zero-order valence-corrected chi connectivity index (χ0v) is 11.1. The highest BCUT2D eigenvalue weighted by molar-refractivity contribution is 5.98. The number of hydrogen-bond acceptors (Lipinski definition) is 3. The van der Waals surface area contributed by atoms with Crippen LogP contribution in [-0.2, 0) is 4.79 Å². The molecule has 21 heavy (non-hydrogen) atoms. The summed E-state index contributed by atoms with van der Waals surface area (Å²) in [6, 6.07) is 5.24. The Labute approximate surface area is 119 Å². The van der Waals surface area contributed by atoms with Gasteiger partial charge in [0.15, 0.2) is 0 Å². The van der Waals surface area contributed by atoms with Crippen LogP contribution in [0.4, 0.5) is 8.78 Å². The number of piperidine rings is 1. The van der Waals surface area contributed by atoms with Crippen LogP contribution in [0, 0.1) is 0 Å². The molecule has 2 aliphatic heterocycles. The Bertz CT molecular complexity index is 562. The Balaban J connectivity index is 1.74. The molecule has 2 aliphatic rings. The van der Waals surface area contributed by atoms with Crippen molar-refractivity contribution in [2.24, 2.45) is 0 Å². The molecule has 2 unspecified atom stereocenters. The number of fused-ring (bicyclic) bond motifs is 2. The summed E-state index contributed by atoms with van der Waals surface area (Å²) in [4.78, 5) is 25.7. The summed E-state index contributed by atoms with van der Waals surface area (Å²) in [5, 5.41) is 2.85. The maximum Gasteiger partial charge on any atom is 0.387 e. The zero-order chi connectivity index (χ0) is 15.0. The summed E-state index contributed by atoms with van der Waals surface area (Å²) in [7, 11) is 0. The van der Waals surface area contributed by atoms with Gasteiger partial charge < -0.3 is 15.0 Å². The van der Waals surface area contributed by atoms with Gasteiger partial charge in [0.1, 0.15) is 11.8 Å². The maximum atomic E-state index is 12.4. The average molecular weight is 296 g/mol. The fourth-order valence-electron chi connectivity index (χ4n) is 2.83. The van der Waals surface area contributed by atoms with Gasteiger partial charge in [-0.15, -0.1) is 0 Å². The second-order valence-electron chi connectivity index (χ2n) is 5.15. The van der Waals surface area contributed by atoms with Crippen LogP contribution in [0.5, 0.6) is 5.75 Å². The molecule has 3 rings (SSSR count). The summed E-state index contributed by atoms with van der Waals surface area (Å²) in [6.07, 6.45) is 1.37. The number of carbonyl (C=O) groups is 2. The Morgan fingerprint density at radius 1 is 1.33 bits per heavy atom. The maximum absolute atomic E-state index is 12.4. The fourth-order valence-corrected chi connectivity index (χ4v) is 2.83. The van der Waals surface area contributed by atoms with Crippen molar-refractivity contribution in [2.45, 2.75) is 31.5 Å². The number of nitrogens with one attached hydrogen (secondary N) is 1. The number of alkyl halides is 2. The third-order valence-corrected chi connectivity index (χ3v) is 3.84. The number of nitrogens with zero attached hydrogens (tertiary/aromatic N) is 1. The lowest BCUT2D eigenvalue weighted by molar-refractivity contribution is -0.122. The second-order valence-corrected chi connectivity index (χ2v) is 5.15. The molecule has 5 nitrogen and oxygen atoms in total. The standard InChI is InChI=1S/C14H14F2N2O3/c15-14(16)21-10-3-1-8(2-4-10)13(20)18-6-5-9-7-11(18)12(19)17-9/h1-4,9,11,14H,5-7H2,(H,17,19). The van der Waals surface area contributed by atoms with Crippen LogP contribution in [0.25, 0.3) is 0 Å². The van der Waals surface area contributed by atoms with Crippen molar-refractivity contribution >= 4 is 11.8 Å². The van der Waals surface area contributed by atoms with Gasteiger partial charge in [0.05, 0.1) is 0 Å². The van der Waals surface area contributed by atoms with Crippen LogP contribution in [-0.4, -0.2) is 42.0 Å². The van der Waals surface area contributed by atoms with Gasteiger partial charge in [-0.2, -0.15) is 8.78 Å². The molecule has 0 aliphatic carbocycles. The van der Waals surface area contributed by atoms with Crippen molar-refractivity contribution in [3.05, 3.63) is 29.8 Å². The van der Waals surface area contributed by atoms with E-state index in [9.17, 15) is 18.4 Å². The highest BCUT2D eigenvalue weighted by atomic mass is 19.3. The Hall–Kier alpha value is -2.18. The first-order valence-corrected chi connectivity index (χ1v) is 6.71. The van der Waals surface area contributed by atoms with Crippen molar-refractivity contribution in [2.75, 3.05) is 6.54 Å². The van der Waals surface area contributed by atoms with Crippen LogP contribution >= 0.6 is 0 Å². The molecule has 2 fully saturated rings. The van der Waals surface area contributed by atoms with Crippen molar-refractivity contribution in [1.82, 2.24) is 10.2 Å². The van der Waals surface area contributed by atoms with Crippen molar-refractivity contribution < 1.29 is 23.1 Å². The lowest BCUT2D eigenvalue weighted by Gasteiger charge is -2.31. The highest BCUT2D eigenvalue weighted by Crippen LogP contribution is 2.26. The molecule has 0 saturated carbocycles. The Morgan fingerprint density at radius 2 is 2.05 bits per heavy atom.